The van der Waals surface area contributed by atoms with Gasteiger partial charge < -0.3 is 0 Å². The third-order valence-electron chi connectivity index (χ3n) is 3.32. The van der Waals surface area contributed by atoms with Gasteiger partial charge in [0.2, 0.25) is 0 Å². The molecule has 6 heteroatoms. The maximum absolute atomic E-state index is 12.0. The second-order valence-corrected chi connectivity index (χ2v) is 6.22. The summed E-state index contributed by atoms with van der Waals surface area (Å²) in [4.78, 5) is 12.0. The van der Waals surface area contributed by atoms with E-state index < -0.39 is 0 Å². The van der Waals surface area contributed by atoms with Crippen LogP contribution in [0.15, 0.2) is 59.4 Å². The molecule has 0 radical (unpaired) electrons. The zero-order valence-electron chi connectivity index (χ0n) is 11.8. The standard InChI is InChI=1S/C17H11Cl3N2O/c18-13-4-2-12(3-5-13)16-7-8-17(23)22(21-16)10-11-1-6-14(19)15(20)9-11/h1-9H,10H2. The van der Waals surface area contributed by atoms with Crippen LogP contribution in [-0.2, 0) is 6.54 Å². The van der Waals surface area contributed by atoms with Gasteiger partial charge in [-0.3, -0.25) is 4.79 Å². The largest absolute Gasteiger partial charge is 0.268 e. The molecule has 0 aliphatic heterocycles. The van der Waals surface area contributed by atoms with Crippen molar-refractivity contribution < 1.29 is 0 Å². The summed E-state index contributed by atoms with van der Waals surface area (Å²) >= 11 is 17.8. The lowest BCUT2D eigenvalue weighted by Crippen LogP contribution is -2.22. The molecule has 0 N–H and O–H groups in total. The fraction of sp³-hybridized carbons (Fsp3) is 0.0588. The summed E-state index contributed by atoms with van der Waals surface area (Å²) in [7, 11) is 0. The van der Waals surface area contributed by atoms with Crippen LogP contribution in [0.25, 0.3) is 11.3 Å². The Morgan fingerprint density at radius 2 is 1.61 bits per heavy atom. The number of nitrogens with zero attached hydrogens (tertiary/aromatic N) is 2. The van der Waals surface area contributed by atoms with Crippen molar-refractivity contribution in [3.63, 3.8) is 0 Å². The summed E-state index contributed by atoms with van der Waals surface area (Å²) in [5, 5.41) is 5.98. The molecular weight excluding hydrogens is 355 g/mol. The molecule has 1 aromatic heterocycles. The molecule has 0 bridgehead atoms. The molecule has 2 aromatic carbocycles. The topological polar surface area (TPSA) is 34.9 Å². The minimum atomic E-state index is -0.186. The second kappa shape index (κ2) is 6.75. The summed E-state index contributed by atoms with van der Waals surface area (Å²) in [5.41, 5.74) is 2.25. The Labute approximate surface area is 148 Å². The van der Waals surface area contributed by atoms with Gasteiger partial charge in [-0.2, -0.15) is 5.10 Å². The van der Waals surface area contributed by atoms with Crippen molar-refractivity contribution in [2.75, 3.05) is 0 Å². The Balaban J connectivity index is 1.96. The monoisotopic (exact) mass is 364 g/mol. The highest BCUT2D eigenvalue weighted by Crippen LogP contribution is 2.23. The van der Waals surface area contributed by atoms with E-state index in [1.807, 2.05) is 18.2 Å². The van der Waals surface area contributed by atoms with Gasteiger partial charge in [0.1, 0.15) is 0 Å². The molecule has 0 spiro atoms. The van der Waals surface area contributed by atoms with E-state index in [0.29, 0.717) is 27.3 Å². The van der Waals surface area contributed by atoms with E-state index in [1.165, 1.54) is 10.7 Å². The molecule has 0 fully saturated rings. The fourth-order valence-electron chi connectivity index (χ4n) is 2.15. The Morgan fingerprint density at radius 1 is 0.870 bits per heavy atom. The van der Waals surface area contributed by atoms with Crippen LogP contribution in [-0.4, -0.2) is 9.78 Å². The van der Waals surface area contributed by atoms with Crippen molar-refractivity contribution in [3.05, 3.63) is 85.6 Å². The van der Waals surface area contributed by atoms with E-state index in [9.17, 15) is 4.79 Å². The minimum absolute atomic E-state index is 0.186. The van der Waals surface area contributed by atoms with Crippen molar-refractivity contribution in [2.24, 2.45) is 0 Å². The normalized spacial score (nSPS) is 10.7. The first kappa shape index (κ1) is 16.1. The number of aromatic nitrogens is 2. The summed E-state index contributed by atoms with van der Waals surface area (Å²) < 4.78 is 1.39. The number of benzene rings is 2. The molecule has 0 amide bonds. The van der Waals surface area contributed by atoms with Gasteiger partial charge >= 0.3 is 0 Å². The lowest BCUT2D eigenvalue weighted by Gasteiger charge is -2.08. The number of hydrogen-bond donors (Lipinski definition) is 0. The second-order valence-electron chi connectivity index (χ2n) is 4.97. The van der Waals surface area contributed by atoms with Crippen LogP contribution in [0.4, 0.5) is 0 Å². The lowest BCUT2D eigenvalue weighted by atomic mass is 10.1. The van der Waals surface area contributed by atoms with Crippen molar-refractivity contribution >= 4 is 34.8 Å². The average molecular weight is 366 g/mol. The number of rotatable bonds is 3. The Morgan fingerprint density at radius 3 is 2.30 bits per heavy atom. The Hall–Kier alpha value is -1.81. The molecule has 0 saturated heterocycles. The van der Waals surface area contributed by atoms with Crippen LogP contribution in [0.5, 0.6) is 0 Å². The molecule has 0 aliphatic rings. The van der Waals surface area contributed by atoms with Gasteiger partial charge in [-0.25, -0.2) is 4.68 Å². The minimum Gasteiger partial charge on any atom is -0.268 e. The van der Waals surface area contributed by atoms with Crippen LogP contribution in [0.3, 0.4) is 0 Å². The first-order valence-corrected chi connectivity index (χ1v) is 7.94. The van der Waals surface area contributed by atoms with Crippen molar-refractivity contribution in [3.8, 4) is 11.3 Å². The number of hydrogen-bond acceptors (Lipinski definition) is 2. The van der Waals surface area contributed by atoms with Gasteiger partial charge in [0.15, 0.2) is 0 Å². The molecule has 0 aliphatic carbocycles. The van der Waals surface area contributed by atoms with Gasteiger partial charge in [0, 0.05) is 16.7 Å². The SMILES string of the molecule is O=c1ccc(-c2ccc(Cl)cc2)nn1Cc1ccc(Cl)c(Cl)c1. The molecule has 23 heavy (non-hydrogen) atoms. The first-order valence-electron chi connectivity index (χ1n) is 6.81. The highest BCUT2D eigenvalue weighted by atomic mass is 35.5. The third-order valence-corrected chi connectivity index (χ3v) is 4.31. The van der Waals surface area contributed by atoms with Crippen molar-refractivity contribution in [1.29, 1.82) is 0 Å². The van der Waals surface area contributed by atoms with Gasteiger partial charge in [0.05, 0.1) is 22.3 Å². The highest BCUT2D eigenvalue weighted by Gasteiger charge is 2.06. The highest BCUT2D eigenvalue weighted by molar-refractivity contribution is 6.42. The quantitative estimate of drug-likeness (QED) is 0.660. The zero-order chi connectivity index (χ0) is 16.4. The smallest absolute Gasteiger partial charge is 0.267 e. The summed E-state index contributed by atoms with van der Waals surface area (Å²) in [6.45, 7) is 0.317. The van der Waals surface area contributed by atoms with Gasteiger partial charge in [-0.15, -0.1) is 0 Å². The average Bonchev–Trinajstić information content (AvgIpc) is 2.54. The van der Waals surface area contributed by atoms with Crippen LogP contribution in [0.2, 0.25) is 15.1 Å². The molecule has 0 saturated carbocycles. The van der Waals surface area contributed by atoms with E-state index in [2.05, 4.69) is 5.10 Å². The maximum Gasteiger partial charge on any atom is 0.267 e. The van der Waals surface area contributed by atoms with Crippen LogP contribution >= 0.6 is 34.8 Å². The molecule has 0 unspecified atom stereocenters. The van der Waals surface area contributed by atoms with Crippen LogP contribution in [0, 0.1) is 0 Å². The maximum atomic E-state index is 12.0. The summed E-state index contributed by atoms with van der Waals surface area (Å²) in [6, 6.07) is 15.7. The van der Waals surface area contributed by atoms with Crippen molar-refractivity contribution in [2.45, 2.75) is 6.54 Å². The van der Waals surface area contributed by atoms with E-state index in [-0.39, 0.29) is 5.56 Å². The summed E-state index contributed by atoms with van der Waals surface area (Å²) in [6.07, 6.45) is 0. The van der Waals surface area contributed by atoms with Crippen LogP contribution < -0.4 is 5.56 Å². The molecule has 3 rings (SSSR count). The third kappa shape index (κ3) is 3.75. The Kier molecular flexibility index (Phi) is 4.71. The fourth-order valence-corrected chi connectivity index (χ4v) is 2.59. The van der Waals surface area contributed by atoms with Crippen LogP contribution in [0.1, 0.15) is 5.56 Å². The zero-order valence-corrected chi connectivity index (χ0v) is 14.1. The number of halogens is 3. The predicted octanol–water partition coefficient (Wildman–Crippen LogP) is 4.92. The molecule has 1 heterocycles. The molecule has 3 aromatic rings. The summed E-state index contributed by atoms with van der Waals surface area (Å²) in [5.74, 6) is 0. The van der Waals surface area contributed by atoms with E-state index in [4.69, 9.17) is 34.8 Å². The molecule has 0 atom stereocenters. The molecule has 3 nitrogen and oxygen atoms in total. The molecule has 116 valence electrons. The lowest BCUT2D eigenvalue weighted by molar-refractivity contribution is 0.643. The van der Waals surface area contributed by atoms with Gasteiger partial charge in [0.25, 0.3) is 5.56 Å². The van der Waals surface area contributed by atoms with E-state index >= 15 is 0 Å². The first-order chi connectivity index (χ1) is 11.0. The predicted molar refractivity (Wildman–Crippen MR) is 94.5 cm³/mol. The van der Waals surface area contributed by atoms with Crippen molar-refractivity contribution in [1.82, 2.24) is 9.78 Å². The van der Waals surface area contributed by atoms with Gasteiger partial charge in [-0.05, 0) is 35.9 Å². The van der Waals surface area contributed by atoms with E-state index in [1.54, 1.807) is 30.3 Å². The van der Waals surface area contributed by atoms with E-state index in [0.717, 1.165) is 11.1 Å². The molecular formula is C17H11Cl3N2O. The Bertz CT molecular complexity index is 904. The van der Waals surface area contributed by atoms with Gasteiger partial charge in [-0.1, -0.05) is 53.0 Å².